The van der Waals surface area contributed by atoms with Gasteiger partial charge in [-0.05, 0) is 17.9 Å². The monoisotopic (exact) mass is 260 g/mol. The molecule has 0 radical (unpaired) electrons. The second kappa shape index (κ2) is 8.90. The first-order chi connectivity index (χ1) is 9.16. The Balaban J connectivity index is 2.41. The highest BCUT2D eigenvalue weighted by Crippen LogP contribution is 2.21. The van der Waals surface area contributed by atoms with Crippen molar-refractivity contribution >= 4 is 5.78 Å². The third-order valence-corrected chi connectivity index (χ3v) is 3.64. The molecule has 0 aliphatic heterocycles. The van der Waals surface area contributed by atoms with Crippen LogP contribution in [0, 0.1) is 0 Å². The number of Topliss-reactive ketones (excluding diaryl/α,β-unsaturated/α-hetero) is 1. The van der Waals surface area contributed by atoms with E-state index in [1.165, 1.54) is 37.7 Å². The summed E-state index contributed by atoms with van der Waals surface area (Å²) in [7, 11) is 0. The van der Waals surface area contributed by atoms with Crippen LogP contribution in [0.15, 0.2) is 24.3 Å². The van der Waals surface area contributed by atoms with E-state index in [2.05, 4.69) is 26.8 Å². The molecule has 0 saturated carbocycles. The number of rotatable bonds is 9. The van der Waals surface area contributed by atoms with Gasteiger partial charge in [0.1, 0.15) is 0 Å². The van der Waals surface area contributed by atoms with E-state index in [9.17, 15) is 4.79 Å². The Labute approximate surface area is 118 Å². The van der Waals surface area contributed by atoms with Gasteiger partial charge in [-0.25, -0.2) is 0 Å². The van der Waals surface area contributed by atoms with Gasteiger partial charge >= 0.3 is 0 Å². The number of carbonyl (C=O) groups excluding carboxylic acids is 1. The zero-order valence-corrected chi connectivity index (χ0v) is 12.7. The summed E-state index contributed by atoms with van der Waals surface area (Å²) in [6, 6.07) is 8.06. The quantitative estimate of drug-likeness (QED) is 0.408. The van der Waals surface area contributed by atoms with E-state index in [-0.39, 0.29) is 0 Å². The van der Waals surface area contributed by atoms with E-state index in [1.807, 2.05) is 18.2 Å². The van der Waals surface area contributed by atoms with Crippen molar-refractivity contribution in [2.24, 2.45) is 0 Å². The van der Waals surface area contributed by atoms with E-state index < -0.39 is 0 Å². The van der Waals surface area contributed by atoms with Crippen molar-refractivity contribution in [1.29, 1.82) is 0 Å². The van der Waals surface area contributed by atoms with Crippen molar-refractivity contribution in [1.82, 2.24) is 0 Å². The fraction of sp³-hybridized carbons (Fsp3) is 0.611. The predicted molar refractivity (Wildman–Crippen MR) is 82.9 cm³/mol. The van der Waals surface area contributed by atoms with Crippen LogP contribution in [0.4, 0.5) is 0 Å². The molecular formula is C18H28O. The Kier molecular flexibility index (Phi) is 7.47. The van der Waals surface area contributed by atoms with Crippen LogP contribution in [0.2, 0.25) is 0 Å². The minimum absolute atomic E-state index is 0.319. The molecule has 0 bridgehead atoms. The molecule has 0 unspecified atom stereocenters. The largest absolute Gasteiger partial charge is 0.294 e. The summed E-state index contributed by atoms with van der Waals surface area (Å²) >= 11 is 0. The summed E-state index contributed by atoms with van der Waals surface area (Å²) in [5, 5.41) is 0. The second-order valence-corrected chi connectivity index (χ2v) is 5.68. The number of hydrogen-bond donors (Lipinski definition) is 0. The normalized spacial score (nSPS) is 10.9. The predicted octanol–water partition coefficient (Wildman–Crippen LogP) is 5.74. The minimum atomic E-state index is 0.319. The molecule has 1 aromatic carbocycles. The maximum atomic E-state index is 12.3. The van der Waals surface area contributed by atoms with Crippen LogP contribution in [0.1, 0.15) is 87.6 Å². The molecule has 0 amide bonds. The molecule has 1 aromatic rings. The molecule has 19 heavy (non-hydrogen) atoms. The molecule has 1 rings (SSSR count). The Hall–Kier alpha value is -1.11. The van der Waals surface area contributed by atoms with Gasteiger partial charge in [0.2, 0.25) is 0 Å². The molecule has 0 saturated heterocycles. The minimum Gasteiger partial charge on any atom is -0.294 e. The standard InChI is InChI=1S/C18H28O/c1-4-5-6-7-8-9-14-18(19)17-13-11-10-12-16(17)15(2)3/h10-13,15H,4-9,14H2,1-3H3. The second-order valence-electron chi connectivity index (χ2n) is 5.68. The van der Waals surface area contributed by atoms with E-state index in [0.717, 1.165) is 12.0 Å². The van der Waals surface area contributed by atoms with Crippen molar-refractivity contribution in [2.75, 3.05) is 0 Å². The molecule has 0 fully saturated rings. The molecule has 0 N–H and O–H groups in total. The van der Waals surface area contributed by atoms with Crippen LogP contribution in [0.3, 0.4) is 0 Å². The van der Waals surface area contributed by atoms with Gasteiger partial charge in [0.15, 0.2) is 5.78 Å². The fourth-order valence-corrected chi connectivity index (χ4v) is 2.45. The lowest BCUT2D eigenvalue weighted by molar-refractivity contribution is 0.0978. The van der Waals surface area contributed by atoms with Crippen molar-refractivity contribution < 1.29 is 4.79 Å². The number of unbranched alkanes of at least 4 members (excludes halogenated alkanes) is 5. The molecule has 1 heteroatoms. The highest BCUT2D eigenvalue weighted by Gasteiger charge is 2.12. The van der Waals surface area contributed by atoms with Gasteiger partial charge in [0.25, 0.3) is 0 Å². The summed E-state index contributed by atoms with van der Waals surface area (Å²) in [5.41, 5.74) is 2.13. The maximum Gasteiger partial charge on any atom is 0.163 e. The molecule has 0 aliphatic carbocycles. The van der Waals surface area contributed by atoms with Gasteiger partial charge in [0, 0.05) is 12.0 Å². The molecule has 1 nitrogen and oxygen atoms in total. The lowest BCUT2D eigenvalue weighted by Gasteiger charge is -2.11. The van der Waals surface area contributed by atoms with Gasteiger partial charge in [-0.15, -0.1) is 0 Å². The number of ketones is 1. The third-order valence-electron chi connectivity index (χ3n) is 3.64. The van der Waals surface area contributed by atoms with Crippen molar-refractivity contribution in [3.05, 3.63) is 35.4 Å². The van der Waals surface area contributed by atoms with Gasteiger partial charge in [-0.3, -0.25) is 4.79 Å². The summed E-state index contributed by atoms with van der Waals surface area (Å²) in [6.07, 6.45) is 8.12. The van der Waals surface area contributed by atoms with Gasteiger partial charge in [0.05, 0.1) is 0 Å². The van der Waals surface area contributed by atoms with E-state index in [0.29, 0.717) is 18.1 Å². The summed E-state index contributed by atoms with van der Waals surface area (Å²) in [5.74, 6) is 0.740. The zero-order valence-electron chi connectivity index (χ0n) is 12.7. The van der Waals surface area contributed by atoms with Crippen LogP contribution in [-0.2, 0) is 0 Å². The smallest absolute Gasteiger partial charge is 0.163 e. The van der Waals surface area contributed by atoms with E-state index >= 15 is 0 Å². The molecular weight excluding hydrogens is 232 g/mol. The number of carbonyl (C=O) groups is 1. The zero-order chi connectivity index (χ0) is 14.1. The maximum absolute atomic E-state index is 12.3. The molecule has 0 spiro atoms. The Morgan fingerprint density at radius 1 is 1.00 bits per heavy atom. The van der Waals surface area contributed by atoms with Crippen LogP contribution >= 0.6 is 0 Å². The number of hydrogen-bond acceptors (Lipinski definition) is 1. The lowest BCUT2D eigenvalue weighted by atomic mass is 9.93. The molecule has 0 aliphatic rings. The Morgan fingerprint density at radius 3 is 2.32 bits per heavy atom. The molecule has 0 aromatic heterocycles. The van der Waals surface area contributed by atoms with E-state index in [1.54, 1.807) is 0 Å². The average Bonchev–Trinajstić information content (AvgIpc) is 2.42. The average molecular weight is 260 g/mol. The first kappa shape index (κ1) is 15.9. The Morgan fingerprint density at radius 2 is 1.63 bits per heavy atom. The first-order valence-corrected chi connectivity index (χ1v) is 7.79. The topological polar surface area (TPSA) is 17.1 Å². The highest BCUT2D eigenvalue weighted by molar-refractivity contribution is 5.97. The molecule has 106 valence electrons. The third kappa shape index (κ3) is 5.59. The summed E-state index contributed by atoms with van der Waals surface area (Å²) in [6.45, 7) is 6.53. The summed E-state index contributed by atoms with van der Waals surface area (Å²) < 4.78 is 0. The Bertz CT molecular complexity index is 379. The van der Waals surface area contributed by atoms with Crippen LogP contribution < -0.4 is 0 Å². The first-order valence-electron chi connectivity index (χ1n) is 7.79. The van der Waals surface area contributed by atoms with Crippen LogP contribution in [0.5, 0.6) is 0 Å². The summed E-state index contributed by atoms with van der Waals surface area (Å²) in [4.78, 5) is 12.3. The SMILES string of the molecule is CCCCCCCCC(=O)c1ccccc1C(C)C. The fourth-order valence-electron chi connectivity index (χ4n) is 2.45. The van der Waals surface area contributed by atoms with Crippen LogP contribution in [-0.4, -0.2) is 5.78 Å². The van der Waals surface area contributed by atoms with Crippen molar-refractivity contribution in [2.45, 2.75) is 71.6 Å². The van der Waals surface area contributed by atoms with Crippen molar-refractivity contribution in [3.8, 4) is 0 Å². The van der Waals surface area contributed by atoms with E-state index in [4.69, 9.17) is 0 Å². The molecule has 0 heterocycles. The lowest BCUT2D eigenvalue weighted by Crippen LogP contribution is -2.04. The molecule has 0 atom stereocenters. The van der Waals surface area contributed by atoms with Crippen molar-refractivity contribution in [3.63, 3.8) is 0 Å². The van der Waals surface area contributed by atoms with Gasteiger partial charge in [-0.1, -0.05) is 77.1 Å². The van der Waals surface area contributed by atoms with Crippen LogP contribution in [0.25, 0.3) is 0 Å². The van der Waals surface area contributed by atoms with Gasteiger partial charge < -0.3 is 0 Å². The highest BCUT2D eigenvalue weighted by atomic mass is 16.1. The number of benzene rings is 1. The van der Waals surface area contributed by atoms with Gasteiger partial charge in [-0.2, -0.15) is 0 Å².